The first-order chi connectivity index (χ1) is 11.5. The average Bonchev–Trinajstić information content (AvgIpc) is 2.56. The smallest absolute Gasteiger partial charge is 0.241 e. The molecule has 1 unspecified atom stereocenters. The number of anilines is 1. The predicted molar refractivity (Wildman–Crippen MR) is 88.7 cm³/mol. The summed E-state index contributed by atoms with van der Waals surface area (Å²) in [4.78, 5) is 28.3. The fourth-order valence-electron chi connectivity index (χ4n) is 2.47. The van der Waals surface area contributed by atoms with Crippen molar-refractivity contribution in [2.75, 3.05) is 5.32 Å². The summed E-state index contributed by atoms with van der Waals surface area (Å²) in [5, 5.41) is 3.52. The average molecular weight is 323 g/mol. The summed E-state index contributed by atoms with van der Waals surface area (Å²) in [6.45, 7) is 0. The van der Waals surface area contributed by atoms with Gasteiger partial charge in [-0.05, 0) is 42.0 Å². The van der Waals surface area contributed by atoms with Gasteiger partial charge in [0.2, 0.25) is 11.8 Å². The van der Waals surface area contributed by atoms with E-state index in [0.29, 0.717) is 11.3 Å². The van der Waals surface area contributed by atoms with E-state index >= 15 is 0 Å². The molecule has 1 atom stereocenters. The van der Waals surface area contributed by atoms with E-state index in [4.69, 9.17) is 5.73 Å². The molecule has 0 saturated carbocycles. The van der Waals surface area contributed by atoms with Crippen LogP contribution in [-0.4, -0.2) is 16.8 Å². The molecule has 120 valence electrons. The van der Waals surface area contributed by atoms with E-state index < -0.39 is 23.5 Å². The van der Waals surface area contributed by atoms with Crippen LogP contribution in [0.1, 0.15) is 11.5 Å². The first kappa shape index (κ1) is 15.6. The van der Waals surface area contributed by atoms with Crippen molar-refractivity contribution in [3.05, 3.63) is 72.2 Å². The lowest BCUT2D eigenvalue weighted by Crippen LogP contribution is -2.32. The number of nitrogens with one attached hydrogen (secondary N) is 1. The number of halogens is 1. The number of fused-ring (bicyclic) bond motifs is 1. The number of rotatable bonds is 4. The standard InChI is InChI=1S/C18H14FN3O2/c19-13-5-3-11(4-6-13)16(17(20)23)18(24)22-14-7-8-15-12(10-14)2-1-9-21-15/h1-10,16H,(H2,20,23)(H,22,24). The zero-order chi connectivity index (χ0) is 17.1. The molecular formula is C18H14FN3O2. The molecule has 0 spiro atoms. The second kappa shape index (κ2) is 6.45. The molecule has 0 fully saturated rings. The molecule has 2 aromatic carbocycles. The van der Waals surface area contributed by atoms with Gasteiger partial charge < -0.3 is 11.1 Å². The molecule has 2 amide bonds. The Balaban J connectivity index is 1.87. The second-order valence-electron chi connectivity index (χ2n) is 5.29. The minimum absolute atomic E-state index is 0.337. The van der Waals surface area contributed by atoms with Crippen molar-refractivity contribution in [1.82, 2.24) is 4.98 Å². The number of carbonyl (C=O) groups excluding carboxylic acids is 2. The summed E-state index contributed by atoms with van der Waals surface area (Å²) in [7, 11) is 0. The van der Waals surface area contributed by atoms with Gasteiger partial charge in [-0.15, -0.1) is 0 Å². The number of carbonyl (C=O) groups is 2. The number of amides is 2. The number of primary amides is 1. The Labute approximate surface area is 137 Å². The lowest BCUT2D eigenvalue weighted by atomic mass is 9.97. The number of aromatic nitrogens is 1. The molecule has 3 rings (SSSR count). The lowest BCUT2D eigenvalue weighted by Gasteiger charge is -2.14. The van der Waals surface area contributed by atoms with Crippen molar-refractivity contribution in [2.45, 2.75) is 5.92 Å². The maximum Gasteiger partial charge on any atom is 0.241 e. The van der Waals surface area contributed by atoms with Gasteiger partial charge in [0.15, 0.2) is 0 Å². The van der Waals surface area contributed by atoms with Crippen LogP contribution in [0.5, 0.6) is 0 Å². The van der Waals surface area contributed by atoms with Gasteiger partial charge in [0.1, 0.15) is 11.7 Å². The van der Waals surface area contributed by atoms with Crippen LogP contribution in [0.25, 0.3) is 10.9 Å². The summed E-state index contributed by atoms with van der Waals surface area (Å²) < 4.78 is 13.0. The van der Waals surface area contributed by atoms with E-state index in [9.17, 15) is 14.0 Å². The third-order valence-corrected chi connectivity index (χ3v) is 3.62. The molecule has 6 heteroatoms. The molecule has 24 heavy (non-hydrogen) atoms. The van der Waals surface area contributed by atoms with E-state index in [-0.39, 0.29) is 0 Å². The van der Waals surface area contributed by atoms with Gasteiger partial charge in [-0.2, -0.15) is 0 Å². The molecule has 3 N–H and O–H groups in total. The topological polar surface area (TPSA) is 85.1 Å². The van der Waals surface area contributed by atoms with E-state index in [1.807, 2.05) is 6.07 Å². The molecule has 5 nitrogen and oxygen atoms in total. The number of hydrogen-bond acceptors (Lipinski definition) is 3. The van der Waals surface area contributed by atoms with Gasteiger partial charge >= 0.3 is 0 Å². The van der Waals surface area contributed by atoms with Crippen LogP contribution in [0, 0.1) is 5.82 Å². The molecule has 0 aliphatic heterocycles. The van der Waals surface area contributed by atoms with Crippen LogP contribution in [-0.2, 0) is 9.59 Å². The van der Waals surface area contributed by atoms with Crippen LogP contribution < -0.4 is 11.1 Å². The Morgan fingerprint density at radius 2 is 1.83 bits per heavy atom. The molecule has 0 saturated heterocycles. The number of hydrogen-bond donors (Lipinski definition) is 2. The largest absolute Gasteiger partial charge is 0.369 e. The maximum absolute atomic E-state index is 13.0. The van der Waals surface area contributed by atoms with Crippen LogP contribution in [0.15, 0.2) is 60.8 Å². The number of nitrogens with zero attached hydrogens (tertiary/aromatic N) is 1. The number of nitrogens with two attached hydrogens (primary N) is 1. The van der Waals surface area contributed by atoms with Crippen molar-refractivity contribution in [3.8, 4) is 0 Å². The van der Waals surface area contributed by atoms with E-state index in [0.717, 1.165) is 10.9 Å². The van der Waals surface area contributed by atoms with Crippen LogP contribution >= 0.6 is 0 Å². The summed E-state index contributed by atoms with van der Waals surface area (Å²) in [6.07, 6.45) is 1.68. The van der Waals surface area contributed by atoms with Gasteiger partial charge in [-0.25, -0.2) is 4.39 Å². The van der Waals surface area contributed by atoms with Gasteiger partial charge in [0, 0.05) is 17.3 Å². The normalized spacial score (nSPS) is 11.9. The molecule has 1 aromatic heterocycles. The van der Waals surface area contributed by atoms with E-state index in [1.165, 1.54) is 24.3 Å². The van der Waals surface area contributed by atoms with Crippen molar-refractivity contribution in [2.24, 2.45) is 5.73 Å². The van der Waals surface area contributed by atoms with Crippen LogP contribution in [0.2, 0.25) is 0 Å². The van der Waals surface area contributed by atoms with Crippen molar-refractivity contribution in [3.63, 3.8) is 0 Å². The molecule has 0 aliphatic carbocycles. The van der Waals surface area contributed by atoms with Gasteiger partial charge in [-0.3, -0.25) is 14.6 Å². The monoisotopic (exact) mass is 323 g/mol. The first-order valence-electron chi connectivity index (χ1n) is 7.25. The predicted octanol–water partition coefficient (Wildman–Crippen LogP) is 2.58. The Morgan fingerprint density at radius 1 is 1.08 bits per heavy atom. The minimum atomic E-state index is -1.20. The molecular weight excluding hydrogens is 309 g/mol. The molecule has 0 radical (unpaired) electrons. The third kappa shape index (κ3) is 3.22. The SMILES string of the molecule is NC(=O)C(C(=O)Nc1ccc2ncccc2c1)c1ccc(F)cc1. The maximum atomic E-state index is 13.0. The Morgan fingerprint density at radius 3 is 2.54 bits per heavy atom. The van der Waals surface area contributed by atoms with Gasteiger partial charge in [0.25, 0.3) is 0 Å². The summed E-state index contributed by atoms with van der Waals surface area (Å²) in [6, 6.07) is 14.0. The highest BCUT2D eigenvalue weighted by Crippen LogP contribution is 2.21. The van der Waals surface area contributed by atoms with Gasteiger partial charge in [-0.1, -0.05) is 18.2 Å². The zero-order valence-corrected chi connectivity index (χ0v) is 12.6. The highest BCUT2D eigenvalue weighted by atomic mass is 19.1. The number of pyridine rings is 1. The van der Waals surface area contributed by atoms with Crippen molar-refractivity contribution >= 4 is 28.4 Å². The van der Waals surface area contributed by atoms with Gasteiger partial charge in [0.05, 0.1) is 5.52 Å². The molecule has 0 aliphatic rings. The quantitative estimate of drug-likeness (QED) is 0.724. The third-order valence-electron chi connectivity index (χ3n) is 3.62. The summed E-state index contributed by atoms with van der Waals surface area (Å²) >= 11 is 0. The lowest BCUT2D eigenvalue weighted by molar-refractivity contribution is -0.127. The Hall–Kier alpha value is -3.28. The summed E-state index contributed by atoms with van der Waals surface area (Å²) in [5.74, 6) is -3.03. The van der Waals surface area contributed by atoms with Crippen molar-refractivity contribution < 1.29 is 14.0 Å². The highest BCUT2D eigenvalue weighted by molar-refractivity contribution is 6.11. The Bertz CT molecular complexity index is 910. The Kier molecular flexibility index (Phi) is 4.20. The van der Waals surface area contributed by atoms with Crippen molar-refractivity contribution in [1.29, 1.82) is 0 Å². The molecule has 3 aromatic rings. The first-order valence-corrected chi connectivity index (χ1v) is 7.25. The summed E-state index contributed by atoms with van der Waals surface area (Å²) in [5.41, 5.74) is 7.00. The zero-order valence-electron chi connectivity index (χ0n) is 12.6. The van der Waals surface area contributed by atoms with Crippen LogP contribution in [0.3, 0.4) is 0 Å². The highest BCUT2D eigenvalue weighted by Gasteiger charge is 2.26. The minimum Gasteiger partial charge on any atom is -0.369 e. The molecule has 1 heterocycles. The number of benzene rings is 2. The second-order valence-corrected chi connectivity index (χ2v) is 5.29. The van der Waals surface area contributed by atoms with E-state index in [2.05, 4.69) is 10.3 Å². The fraction of sp³-hybridized carbons (Fsp3) is 0.0556. The molecule has 0 bridgehead atoms. The van der Waals surface area contributed by atoms with E-state index in [1.54, 1.807) is 30.5 Å². The van der Waals surface area contributed by atoms with Crippen LogP contribution in [0.4, 0.5) is 10.1 Å². The fourth-order valence-corrected chi connectivity index (χ4v) is 2.47.